The van der Waals surface area contributed by atoms with E-state index in [2.05, 4.69) is 27.9 Å². The fourth-order valence-electron chi connectivity index (χ4n) is 1.48. The molecule has 2 nitrogen and oxygen atoms in total. The van der Waals surface area contributed by atoms with Crippen LogP contribution < -0.4 is 5.73 Å². The van der Waals surface area contributed by atoms with E-state index in [-0.39, 0.29) is 6.04 Å². The molecule has 0 saturated heterocycles. The van der Waals surface area contributed by atoms with Crippen molar-refractivity contribution in [1.82, 2.24) is 4.98 Å². The van der Waals surface area contributed by atoms with Gasteiger partial charge in [-0.15, -0.1) is 22.7 Å². The molecule has 1 unspecified atom stereocenters. The third kappa shape index (κ3) is 3.12. The zero-order valence-electron chi connectivity index (χ0n) is 8.64. The van der Waals surface area contributed by atoms with Crippen LogP contribution >= 0.6 is 22.7 Å². The Balaban J connectivity index is 1.90. The van der Waals surface area contributed by atoms with Gasteiger partial charge in [0, 0.05) is 28.4 Å². The number of nitrogens with zero attached hydrogens (tertiary/aromatic N) is 1. The van der Waals surface area contributed by atoms with Crippen LogP contribution in [0.4, 0.5) is 0 Å². The van der Waals surface area contributed by atoms with Crippen molar-refractivity contribution in [3.05, 3.63) is 38.5 Å². The molecule has 15 heavy (non-hydrogen) atoms. The number of thiazole rings is 1. The first-order valence-electron chi connectivity index (χ1n) is 4.93. The van der Waals surface area contributed by atoms with E-state index in [1.54, 1.807) is 22.7 Å². The van der Waals surface area contributed by atoms with Crippen molar-refractivity contribution in [1.29, 1.82) is 0 Å². The molecular formula is C11H14N2S2. The van der Waals surface area contributed by atoms with Crippen LogP contribution in [0.3, 0.4) is 0 Å². The summed E-state index contributed by atoms with van der Waals surface area (Å²) in [4.78, 5) is 5.78. The van der Waals surface area contributed by atoms with Crippen molar-refractivity contribution in [2.75, 3.05) is 0 Å². The highest BCUT2D eigenvalue weighted by atomic mass is 32.1. The lowest BCUT2D eigenvalue weighted by molar-refractivity contribution is 0.667. The summed E-state index contributed by atoms with van der Waals surface area (Å²) in [5.74, 6) is 0. The van der Waals surface area contributed by atoms with Crippen molar-refractivity contribution in [3.63, 3.8) is 0 Å². The first-order chi connectivity index (χ1) is 7.24. The molecule has 2 aromatic heterocycles. The van der Waals surface area contributed by atoms with Gasteiger partial charge in [-0.1, -0.05) is 6.07 Å². The van der Waals surface area contributed by atoms with E-state index in [4.69, 9.17) is 5.73 Å². The maximum atomic E-state index is 6.08. The molecule has 0 saturated carbocycles. The van der Waals surface area contributed by atoms with Crippen molar-refractivity contribution in [2.45, 2.75) is 25.8 Å². The molecule has 2 rings (SSSR count). The normalized spacial score (nSPS) is 12.9. The summed E-state index contributed by atoms with van der Waals surface area (Å²) in [7, 11) is 0. The summed E-state index contributed by atoms with van der Waals surface area (Å²) in [6, 6.07) is 4.40. The third-order valence-corrected chi connectivity index (χ3v) is 4.03. The third-order valence-electron chi connectivity index (χ3n) is 2.15. The van der Waals surface area contributed by atoms with E-state index in [9.17, 15) is 0 Å². The van der Waals surface area contributed by atoms with Gasteiger partial charge >= 0.3 is 0 Å². The minimum Gasteiger partial charge on any atom is -0.327 e. The van der Waals surface area contributed by atoms with Gasteiger partial charge in [0.1, 0.15) is 0 Å². The first-order valence-corrected chi connectivity index (χ1v) is 6.69. The number of aromatic nitrogens is 1. The Kier molecular flexibility index (Phi) is 3.51. The van der Waals surface area contributed by atoms with Crippen LogP contribution in [0.2, 0.25) is 0 Å². The molecule has 0 radical (unpaired) electrons. The summed E-state index contributed by atoms with van der Waals surface area (Å²) in [5.41, 5.74) is 7.18. The lowest BCUT2D eigenvalue weighted by atomic mass is 10.1. The van der Waals surface area contributed by atoms with Gasteiger partial charge < -0.3 is 5.73 Å². The highest BCUT2D eigenvalue weighted by molar-refractivity contribution is 7.10. The van der Waals surface area contributed by atoms with Gasteiger partial charge in [-0.3, -0.25) is 0 Å². The molecule has 1 atom stereocenters. The molecule has 80 valence electrons. The molecule has 0 bridgehead atoms. The molecule has 0 amide bonds. The van der Waals surface area contributed by atoms with E-state index in [1.165, 1.54) is 4.88 Å². The molecule has 0 aliphatic carbocycles. The largest absolute Gasteiger partial charge is 0.327 e. The summed E-state index contributed by atoms with van der Waals surface area (Å²) < 4.78 is 0. The molecule has 2 N–H and O–H groups in total. The molecule has 0 fully saturated rings. The highest BCUT2D eigenvalue weighted by Gasteiger charge is 2.08. The van der Waals surface area contributed by atoms with E-state index < -0.39 is 0 Å². The maximum absolute atomic E-state index is 6.08. The predicted octanol–water partition coefficient (Wildman–Crippen LogP) is 2.63. The van der Waals surface area contributed by atoms with Gasteiger partial charge in [-0.05, 0) is 24.8 Å². The van der Waals surface area contributed by atoms with Crippen LogP contribution in [-0.4, -0.2) is 11.0 Å². The molecule has 0 aliphatic heterocycles. The average molecular weight is 238 g/mol. The minimum absolute atomic E-state index is 0.189. The fourth-order valence-corrected chi connectivity index (χ4v) is 3.15. The Labute approximate surface area is 97.8 Å². The van der Waals surface area contributed by atoms with E-state index in [0.29, 0.717) is 0 Å². The highest BCUT2D eigenvalue weighted by Crippen LogP contribution is 2.15. The van der Waals surface area contributed by atoms with Crippen molar-refractivity contribution in [2.24, 2.45) is 5.73 Å². The molecular weight excluding hydrogens is 224 g/mol. The number of hydrogen-bond donors (Lipinski definition) is 1. The van der Waals surface area contributed by atoms with E-state index >= 15 is 0 Å². The smallest absolute Gasteiger partial charge is 0.0943 e. The van der Waals surface area contributed by atoms with Crippen molar-refractivity contribution < 1.29 is 0 Å². The monoisotopic (exact) mass is 238 g/mol. The van der Waals surface area contributed by atoms with Gasteiger partial charge in [-0.2, -0.15) is 0 Å². The molecule has 0 aromatic carbocycles. The number of rotatable bonds is 4. The van der Waals surface area contributed by atoms with Crippen LogP contribution in [0, 0.1) is 6.92 Å². The molecule has 0 spiro atoms. The SMILES string of the molecule is Cc1csc(CC(N)Cc2cccs2)n1. The molecule has 2 aromatic rings. The van der Waals surface area contributed by atoms with Gasteiger partial charge in [0.05, 0.1) is 5.01 Å². The van der Waals surface area contributed by atoms with E-state index in [1.807, 2.05) is 6.92 Å². The second kappa shape index (κ2) is 4.88. The minimum atomic E-state index is 0.189. The number of aryl methyl sites for hydroxylation is 1. The molecule has 0 aliphatic rings. The number of nitrogens with two attached hydrogens (primary N) is 1. The number of thiophene rings is 1. The van der Waals surface area contributed by atoms with Crippen LogP contribution in [0.25, 0.3) is 0 Å². The molecule has 2 heterocycles. The Morgan fingerprint density at radius 2 is 2.27 bits per heavy atom. The second-order valence-corrected chi connectivity index (χ2v) is 5.61. The lowest BCUT2D eigenvalue weighted by Crippen LogP contribution is -2.24. The lowest BCUT2D eigenvalue weighted by Gasteiger charge is -2.07. The van der Waals surface area contributed by atoms with Gasteiger partial charge in [0.15, 0.2) is 0 Å². The van der Waals surface area contributed by atoms with Crippen LogP contribution in [0.1, 0.15) is 15.6 Å². The topological polar surface area (TPSA) is 38.9 Å². The van der Waals surface area contributed by atoms with E-state index in [0.717, 1.165) is 23.5 Å². The quantitative estimate of drug-likeness (QED) is 0.889. The predicted molar refractivity (Wildman–Crippen MR) is 66.6 cm³/mol. The summed E-state index contributed by atoms with van der Waals surface area (Å²) in [5, 5.41) is 5.32. The summed E-state index contributed by atoms with van der Waals surface area (Å²) in [6.07, 6.45) is 1.84. The average Bonchev–Trinajstić information content (AvgIpc) is 2.77. The summed E-state index contributed by atoms with van der Waals surface area (Å²) >= 11 is 3.47. The van der Waals surface area contributed by atoms with Crippen LogP contribution in [0.5, 0.6) is 0 Å². The van der Waals surface area contributed by atoms with Crippen molar-refractivity contribution in [3.8, 4) is 0 Å². The number of hydrogen-bond acceptors (Lipinski definition) is 4. The van der Waals surface area contributed by atoms with Crippen LogP contribution in [-0.2, 0) is 12.8 Å². The van der Waals surface area contributed by atoms with Gasteiger partial charge in [0.2, 0.25) is 0 Å². The standard InChI is InChI=1S/C11H14N2S2/c1-8-7-15-11(13-8)6-9(12)5-10-3-2-4-14-10/h2-4,7,9H,5-6,12H2,1H3. The Hall–Kier alpha value is -0.710. The van der Waals surface area contributed by atoms with Gasteiger partial charge in [-0.25, -0.2) is 4.98 Å². The van der Waals surface area contributed by atoms with Crippen LogP contribution in [0.15, 0.2) is 22.9 Å². The van der Waals surface area contributed by atoms with Gasteiger partial charge in [0.25, 0.3) is 0 Å². The first kappa shape index (κ1) is 10.8. The molecule has 4 heteroatoms. The maximum Gasteiger partial charge on any atom is 0.0943 e. The summed E-state index contributed by atoms with van der Waals surface area (Å²) in [6.45, 7) is 2.02. The second-order valence-electron chi connectivity index (χ2n) is 3.63. The zero-order valence-corrected chi connectivity index (χ0v) is 10.3. The van der Waals surface area contributed by atoms with Crippen molar-refractivity contribution >= 4 is 22.7 Å². The fraction of sp³-hybridized carbons (Fsp3) is 0.364. The Morgan fingerprint density at radius 3 is 2.87 bits per heavy atom. The zero-order chi connectivity index (χ0) is 10.7. The Bertz CT molecular complexity index is 406. The Morgan fingerprint density at radius 1 is 1.40 bits per heavy atom.